The van der Waals surface area contributed by atoms with Crippen LogP contribution in [0.25, 0.3) is 10.9 Å². The van der Waals surface area contributed by atoms with E-state index in [1.54, 1.807) is 6.07 Å². The fourth-order valence-corrected chi connectivity index (χ4v) is 3.31. The van der Waals surface area contributed by atoms with Gasteiger partial charge in [0.25, 0.3) is 0 Å². The Morgan fingerprint density at radius 1 is 1.31 bits per heavy atom. The molecule has 0 saturated carbocycles. The van der Waals surface area contributed by atoms with E-state index in [1.165, 1.54) is 6.92 Å². The zero-order chi connectivity index (χ0) is 11.9. The number of phenolic OH excluding ortho intramolecular Hbond substituents is 1. The quantitative estimate of drug-likeness (QED) is 0.548. The first-order chi connectivity index (χ1) is 7.50. The summed E-state index contributed by atoms with van der Waals surface area (Å²) in [5.74, 6) is 0.0364. The number of benzene rings is 1. The van der Waals surface area contributed by atoms with Crippen LogP contribution in [0.4, 0.5) is 0 Å². The summed E-state index contributed by atoms with van der Waals surface area (Å²) < 4.78 is 1.75. The Morgan fingerprint density at radius 3 is 2.62 bits per heavy atom. The number of pyridine rings is 1. The van der Waals surface area contributed by atoms with Gasteiger partial charge in [0.15, 0.2) is 11.5 Å². The molecule has 1 heterocycles. The summed E-state index contributed by atoms with van der Waals surface area (Å²) >= 11 is 4.24. The zero-order valence-corrected chi connectivity index (χ0v) is 12.6. The molecule has 82 valence electrons. The molecule has 0 bridgehead atoms. The predicted octanol–water partition coefficient (Wildman–Crippen LogP) is 3.35. The topological polar surface area (TPSA) is 50.2 Å². The average molecular weight is 439 g/mol. The van der Waals surface area contributed by atoms with Crippen molar-refractivity contribution in [3.05, 3.63) is 31.0 Å². The van der Waals surface area contributed by atoms with Crippen LogP contribution in [-0.2, 0) is 0 Å². The first-order valence-electron chi connectivity index (χ1n) is 4.49. The second kappa shape index (κ2) is 4.44. The third kappa shape index (κ3) is 2.02. The van der Waals surface area contributed by atoms with Crippen molar-refractivity contribution >= 4 is 61.9 Å². The van der Waals surface area contributed by atoms with Gasteiger partial charge in [-0.1, -0.05) is 0 Å². The second-order valence-corrected chi connectivity index (χ2v) is 5.66. The Balaban J connectivity index is 2.86. The molecule has 0 saturated heterocycles. The predicted molar refractivity (Wildman–Crippen MR) is 78.8 cm³/mol. The molecule has 5 heteroatoms. The Bertz CT molecular complexity index is 596. The van der Waals surface area contributed by atoms with Crippen molar-refractivity contribution < 1.29 is 9.90 Å². The molecule has 0 aliphatic carbocycles. The van der Waals surface area contributed by atoms with Crippen LogP contribution >= 0.6 is 45.2 Å². The van der Waals surface area contributed by atoms with Crippen molar-refractivity contribution in [2.24, 2.45) is 0 Å². The number of halogens is 2. The van der Waals surface area contributed by atoms with Gasteiger partial charge in [0, 0.05) is 15.9 Å². The van der Waals surface area contributed by atoms with E-state index in [4.69, 9.17) is 0 Å². The first kappa shape index (κ1) is 12.0. The highest BCUT2D eigenvalue weighted by atomic mass is 127. The molecule has 0 spiro atoms. The normalized spacial score (nSPS) is 10.7. The summed E-state index contributed by atoms with van der Waals surface area (Å²) in [4.78, 5) is 15.4. The average Bonchev–Trinajstić information content (AvgIpc) is 2.25. The molecule has 0 fully saturated rings. The van der Waals surface area contributed by atoms with E-state index in [2.05, 4.69) is 27.6 Å². The van der Waals surface area contributed by atoms with Crippen LogP contribution in [0.5, 0.6) is 5.75 Å². The van der Waals surface area contributed by atoms with Gasteiger partial charge in [0.2, 0.25) is 0 Å². The van der Waals surface area contributed by atoms with Crippen molar-refractivity contribution in [1.29, 1.82) is 0 Å². The molecule has 0 unspecified atom stereocenters. The van der Waals surface area contributed by atoms with Crippen LogP contribution in [0.15, 0.2) is 18.2 Å². The van der Waals surface area contributed by atoms with E-state index < -0.39 is 0 Å². The number of nitrogens with zero attached hydrogens (tertiary/aromatic N) is 1. The minimum Gasteiger partial charge on any atom is -0.505 e. The van der Waals surface area contributed by atoms with Gasteiger partial charge in [-0.2, -0.15) is 0 Å². The SMILES string of the molecule is CC(=O)c1ccc2c(I)cc(I)c(O)c2n1. The maximum absolute atomic E-state index is 11.2. The number of carbonyl (C=O) groups is 1. The Morgan fingerprint density at radius 2 is 2.00 bits per heavy atom. The third-order valence-corrected chi connectivity index (χ3v) is 3.93. The number of aromatic nitrogens is 1. The number of aromatic hydroxyl groups is 1. The van der Waals surface area contributed by atoms with Gasteiger partial charge < -0.3 is 5.11 Å². The summed E-state index contributed by atoms with van der Waals surface area (Å²) in [6, 6.07) is 5.38. The molecule has 1 N–H and O–H groups in total. The molecule has 0 aliphatic rings. The van der Waals surface area contributed by atoms with Crippen LogP contribution in [0.3, 0.4) is 0 Å². The smallest absolute Gasteiger partial charge is 0.178 e. The van der Waals surface area contributed by atoms with E-state index in [-0.39, 0.29) is 11.5 Å². The maximum Gasteiger partial charge on any atom is 0.178 e. The Hall–Kier alpha value is -0.440. The number of carbonyl (C=O) groups excluding carboxylic acids is 1. The molecular formula is C11H7I2NO2. The zero-order valence-electron chi connectivity index (χ0n) is 8.29. The lowest BCUT2D eigenvalue weighted by Crippen LogP contribution is -1.97. The van der Waals surface area contributed by atoms with Crippen molar-refractivity contribution in [3.8, 4) is 5.75 Å². The molecular weight excluding hydrogens is 432 g/mol. The number of rotatable bonds is 1. The van der Waals surface area contributed by atoms with E-state index in [0.717, 1.165) is 12.5 Å². The fraction of sp³-hybridized carbons (Fsp3) is 0.0909. The number of fused-ring (bicyclic) bond motifs is 1. The molecule has 0 atom stereocenters. The van der Waals surface area contributed by atoms with Gasteiger partial charge in [-0.25, -0.2) is 4.98 Å². The van der Waals surface area contributed by atoms with Crippen molar-refractivity contribution in [2.75, 3.05) is 0 Å². The number of hydrogen-bond donors (Lipinski definition) is 1. The molecule has 0 aliphatic heterocycles. The fourth-order valence-electron chi connectivity index (χ4n) is 1.40. The number of hydrogen-bond acceptors (Lipinski definition) is 3. The van der Waals surface area contributed by atoms with Gasteiger partial charge in [0.1, 0.15) is 11.2 Å². The summed E-state index contributed by atoms with van der Waals surface area (Å²) in [5, 5.41) is 10.8. The number of phenols is 1. The highest BCUT2D eigenvalue weighted by Crippen LogP contribution is 2.32. The lowest BCUT2D eigenvalue weighted by molar-refractivity contribution is 0.101. The summed E-state index contributed by atoms with van der Waals surface area (Å²) in [6.45, 7) is 1.46. The van der Waals surface area contributed by atoms with Crippen LogP contribution in [0, 0.1) is 7.14 Å². The first-order valence-corrected chi connectivity index (χ1v) is 6.65. The molecule has 0 radical (unpaired) electrons. The van der Waals surface area contributed by atoms with Crippen LogP contribution in [0.1, 0.15) is 17.4 Å². The largest absolute Gasteiger partial charge is 0.505 e. The highest BCUT2D eigenvalue weighted by molar-refractivity contribution is 14.1. The molecule has 1 aromatic heterocycles. The van der Waals surface area contributed by atoms with Gasteiger partial charge in [-0.3, -0.25) is 4.79 Å². The standard InChI is InChI=1S/C11H7I2NO2/c1-5(15)9-3-2-6-7(12)4-8(13)11(16)10(6)14-9/h2-4,16H,1H3. The van der Waals surface area contributed by atoms with E-state index in [9.17, 15) is 9.90 Å². The lowest BCUT2D eigenvalue weighted by atomic mass is 10.1. The van der Waals surface area contributed by atoms with Crippen LogP contribution in [-0.4, -0.2) is 15.9 Å². The Labute approximate surface area is 120 Å². The molecule has 2 rings (SSSR count). The summed E-state index contributed by atoms with van der Waals surface area (Å²) in [5.41, 5.74) is 0.865. The molecule has 0 amide bonds. The summed E-state index contributed by atoms with van der Waals surface area (Å²) in [6.07, 6.45) is 0. The van der Waals surface area contributed by atoms with Crippen molar-refractivity contribution in [3.63, 3.8) is 0 Å². The summed E-state index contributed by atoms with van der Waals surface area (Å²) in [7, 11) is 0. The van der Waals surface area contributed by atoms with Crippen LogP contribution in [0.2, 0.25) is 0 Å². The number of Topliss-reactive ketones (excluding diaryl/α,β-unsaturated/α-hetero) is 1. The number of ketones is 1. The minimum absolute atomic E-state index is 0.102. The monoisotopic (exact) mass is 439 g/mol. The lowest BCUT2D eigenvalue weighted by Gasteiger charge is -2.06. The maximum atomic E-state index is 11.2. The van der Waals surface area contributed by atoms with Gasteiger partial charge >= 0.3 is 0 Å². The Kier molecular flexibility index (Phi) is 3.34. The molecule has 3 nitrogen and oxygen atoms in total. The minimum atomic E-state index is -0.102. The van der Waals surface area contributed by atoms with Gasteiger partial charge in [-0.15, -0.1) is 0 Å². The van der Waals surface area contributed by atoms with E-state index in [0.29, 0.717) is 11.2 Å². The van der Waals surface area contributed by atoms with Crippen molar-refractivity contribution in [1.82, 2.24) is 4.98 Å². The van der Waals surface area contributed by atoms with Crippen molar-refractivity contribution in [2.45, 2.75) is 6.92 Å². The highest BCUT2D eigenvalue weighted by Gasteiger charge is 2.11. The van der Waals surface area contributed by atoms with Crippen LogP contribution < -0.4 is 0 Å². The molecule has 1 aromatic carbocycles. The molecule has 16 heavy (non-hydrogen) atoms. The molecule has 2 aromatic rings. The van der Waals surface area contributed by atoms with Gasteiger partial charge in [-0.05, 0) is 63.4 Å². The van der Waals surface area contributed by atoms with E-state index >= 15 is 0 Å². The van der Waals surface area contributed by atoms with E-state index in [1.807, 2.05) is 34.7 Å². The third-order valence-electron chi connectivity index (χ3n) is 2.22. The second-order valence-electron chi connectivity index (χ2n) is 3.34. The van der Waals surface area contributed by atoms with Gasteiger partial charge in [0.05, 0.1) is 3.57 Å².